The number of allylic oxidation sites excluding steroid dienone is 1. The Morgan fingerprint density at radius 1 is 1.43 bits per heavy atom. The highest BCUT2D eigenvalue weighted by Crippen LogP contribution is 2.28. The summed E-state index contributed by atoms with van der Waals surface area (Å²) >= 11 is 0. The van der Waals surface area contributed by atoms with Gasteiger partial charge in [0.25, 0.3) is 0 Å². The van der Waals surface area contributed by atoms with Crippen LogP contribution in [0.2, 0.25) is 0 Å². The summed E-state index contributed by atoms with van der Waals surface area (Å²) in [7, 11) is 0. The summed E-state index contributed by atoms with van der Waals surface area (Å²) in [6.07, 6.45) is 8.86. The average Bonchev–Trinajstić information content (AvgIpc) is 3.07. The molecular weight excluding hydrogens is 270 g/mol. The number of nitrogens with one attached hydrogen (secondary N) is 1. The Bertz CT molecular complexity index is 558. The normalized spacial score (nSPS) is 21.5. The summed E-state index contributed by atoms with van der Waals surface area (Å²) < 4.78 is 5.05. The van der Waals surface area contributed by atoms with E-state index in [1.54, 1.807) is 0 Å². The summed E-state index contributed by atoms with van der Waals surface area (Å²) in [6, 6.07) is 3.06. The minimum absolute atomic E-state index is 0.142. The molecule has 1 aliphatic carbocycles. The molecule has 21 heavy (non-hydrogen) atoms. The molecule has 0 saturated heterocycles. The van der Waals surface area contributed by atoms with Crippen molar-refractivity contribution < 1.29 is 19.1 Å². The Kier molecular flexibility index (Phi) is 4.98. The Hall–Kier alpha value is -2.30. The van der Waals surface area contributed by atoms with E-state index in [-0.39, 0.29) is 17.7 Å². The lowest BCUT2D eigenvalue weighted by molar-refractivity contribution is -0.117. The first-order valence-corrected chi connectivity index (χ1v) is 7.02. The van der Waals surface area contributed by atoms with E-state index in [4.69, 9.17) is 9.52 Å². The van der Waals surface area contributed by atoms with E-state index >= 15 is 0 Å². The van der Waals surface area contributed by atoms with Crippen molar-refractivity contribution in [3.63, 3.8) is 0 Å². The first kappa shape index (κ1) is 15.1. The van der Waals surface area contributed by atoms with Crippen LogP contribution in [0.4, 0.5) is 0 Å². The van der Waals surface area contributed by atoms with E-state index in [9.17, 15) is 9.59 Å². The van der Waals surface area contributed by atoms with E-state index in [1.165, 1.54) is 24.3 Å². The topological polar surface area (TPSA) is 79.5 Å². The fourth-order valence-corrected chi connectivity index (χ4v) is 2.67. The summed E-state index contributed by atoms with van der Waals surface area (Å²) in [5, 5.41) is 11.7. The van der Waals surface area contributed by atoms with Crippen molar-refractivity contribution >= 4 is 18.0 Å². The Morgan fingerprint density at radius 2 is 2.24 bits per heavy atom. The summed E-state index contributed by atoms with van der Waals surface area (Å²) in [4.78, 5) is 22.6. The van der Waals surface area contributed by atoms with Gasteiger partial charge in [0.05, 0.1) is 0 Å². The SMILES string of the molecule is C=CCC1CCCC1NC(=O)/C=C/c1ccc(C(=O)O)o1. The van der Waals surface area contributed by atoms with Gasteiger partial charge in [0, 0.05) is 12.1 Å². The third-order valence-corrected chi connectivity index (χ3v) is 3.69. The van der Waals surface area contributed by atoms with E-state index in [1.807, 2.05) is 6.08 Å². The molecule has 2 rings (SSSR count). The van der Waals surface area contributed by atoms with Crippen molar-refractivity contribution in [2.75, 3.05) is 0 Å². The van der Waals surface area contributed by atoms with Crippen LogP contribution in [0, 0.1) is 5.92 Å². The lowest BCUT2D eigenvalue weighted by Crippen LogP contribution is -2.36. The first-order valence-electron chi connectivity index (χ1n) is 7.02. The fraction of sp³-hybridized carbons (Fsp3) is 0.375. The maximum Gasteiger partial charge on any atom is 0.371 e. The Balaban J connectivity index is 1.89. The first-order chi connectivity index (χ1) is 10.1. The largest absolute Gasteiger partial charge is 0.475 e. The van der Waals surface area contributed by atoms with Gasteiger partial charge in [-0.15, -0.1) is 6.58 Å². The second-order valence-corrected chi connectivity index (χ2v) is 5.17. The predicted molar refractivity (Wildman–Crippen MR) is 78.8 cm³/mol. The van der Waals surface area contributed by atoms with Crippen LogP contribution < -0.4 is 5.32 Å². The molecule has 0 radical (unpaired) electrons. The smallest absolute Gasteiger partial charge is 0.371 e. The third-order valence-electron chi connectivity index (χ3n) is 3.69. The van der Waals surface area contributed by atoms with Gasteiger partial charge in [-0.05, 0) is 43.4 Å². The minimum Gasteiger partial charge on any atom is -0.475 e. The number of carbonyl (C=O) groups excluding carboxylic acids is 1. The molecule has 2 unspecified atom stereocenters. The summed E-state index contributed by atoms with van der Waals surface area (Å²) in [5.74, 6) is -0.655. The molecule has 5 heteroatoms. The predicted octanol–water partition coefficient (Wildman–Crippen LogP) is 2.85. The quantitative estimate of drug-likeness (QED) is 0.623. The molecule has 5 nitrogen and oxygen atoms in total. The van der Waals surface area contributed by atoms with Gasteiger partial charge in [0.2, 0.25) is 11.7 Å². The zero-order valence-corrected chi connectivity index (χ0v) is 11.7. The Morgan fingerprint density at radius 3 is 2.90 bits per heavy atom. The Labute approximate surface area is 123 Å². The highest BCUT2D eigenvalue weighted by Gasteiger charge is 2.26. The van der Waals surface area contributed by atoms with Gasteiger partial charge in [-0.1, -0.05) is 12.5 Å². The minimum atomic E-state index is -1.13. The maximum atomic E-state index is 11.9. The molecule has 112 valence electrons. The lowest BCUT2D eigenvalue weighted by atomic mass is 9.99. The molecule has 1 aromatic rings. The van der Waals surface area contributed by atoms with Gasteiger partial charge in [0.15, 0.2) is 0 Å². The molecule has 1 fully saturated rings. The highest BCUT2D eigenvalue weighted by molar-refractivity contribution is 5.92. The zero-order valence-electron chi connectivity index (χ0n) is 11.7. The molecular formula is C16H19NO4. The van der Waals surface area contributed by atoms with Crippen LogP contribution in [-0.4, -0.2) is 23.0 Å². The lowest BCUT2D eigenvalue weighted by Gasteiger charge is -2.18. The molecule has 0 spiro atoms. The number of furan rings is 1. The second kappa shape index (κ2) is 6.92. The number of carboxylic acid groups (broad SMARTS) is 1. The molecule has 1 heterocycles. The maximum absolute atomic E-state index is 11.9. The van der Waals surface area contributed by atoms with E-state index in [0.717, 1.165) is 25.7 Å². The number of hydrogen-bond acceptors (Lipinski definition) is 3. The van der Waals surface area contributed by atoms with Gasteiger partial charge >= 0.3 is 5.97 Å². The molecule has 2 atom stereocenters. The third kappa shape index (κ3) is 4.08. The van der Waals surface area contributed by atoms with E-state index < -0.39 is 5.97 Å². The molecule has 1 aromatic heterocycles. The molecule has 1 amide bonds. The average molecular weight is 289 g/mol. The summed E-state index contributed by atoms with van der Waals surface area (Å²) in [6.45, 7) is 3.74. The highest BCUT2D eigenvalue weighted by atomic mass is 16.4. The number of aromatic carboxylic acids is 1. The van der Waals surface area contributed by atoms with Crippen LogP contribution >= 0.6 is 0 Å². The second-order valence-electron chi connectivity index (χ2n) is 5.17. The van der Waals surface area contributed by atoms with Gasteiger partial charge in [-0.3, -0.25) is 4.79 Å². The molecule has 1 aliphatic rings. The van der Waals surface area contributed by atoms with E-state index in [2.05, 4.69) is 11.9 Å². The number of carboxylic acids is 1. The van der Waals surface area contributed by atoms with Gasteiger partial charge < -0.3 is 14.8 Å². The standard InChI is InChI=1S/C16H19NO4/c1-2-4-11-5-3-6-13(11)17-15(18)10-8-12-7-9-14(21-12)16(19)20/h2,7-11,13H,1,3-6H2,(H,17,18)(H,19,20)/b10-8+. The molecule has 0 bridgehead atoms. The molecule has 2 N–H and O–H groups in total. The van der Waals surface area contributed by atoms with Crippen LogP contribution in [0.1, 0.15) is 42.0 Å². The monoisotopic (exact) mass is 289 g/mol. The molecule has 0 aromatic carbocycles. The van der Waals surface area contributed by atoms with Crippen LogP contribution in [0.15, 0.2) is 35.3 Å². The van der Waals surface area contributed by atoms with Crippen LogP contribution in [0.3, 0.4) is 0 Å². The number of amides is 1. The van der Waals surface area contributed by atoms with E-state index in [0.29, 0.717) is 11.7 Å². The summed E-state index contributed by atoms with van der Waals surface area (Å²) in [5.41, 5.74) is 0. The molecule has 0 aliphatic heterocycles. The van der Waals surface area contributed by atoms with Crippen molar-refractivity contribution in [3.05, 3.63) is 42.4 Å². The van der Waals surface area contributed by atoms with Crippen molar-refractivity contribution in [1.82, 2.24) is 5.32 Å². The van der Waals surface area contributed by atoms with Gasteiger partial charge in [-0.2, -0.15) is 0 Å². The number of hydrogen-bond donors (Lipinski definition) is 2. The van der Waals surface area contributed by atoms with Crippen molar-refractivity contribution in [2.45, 2.75) is 31.7 Å². The molecule has 1 saturated carbocycles. The number of rotatable bonds is 6. The van der Waals surface area contributed by atoms with Crippen molar-refractivity contribution in [2.24, 2.45) is 5.92 Å². The number of carbonyl (C=O) groups is 2. The van der Waals surface area contributed by atoms with Crippen molar-refractivity contribution in [1.29, 1.82) is 0 Å². The van der Waals surface area contributed by atoms with Crippen LogP contribution in [0.25, 0.3) is 6.08 Å². The van der Waals surface area contributed by atoms with Crippen LogP contribution in [0.5, 0.6) is 0 Å². The van der Waals surface area contributed by atoms with Gasteiger partial charge in [-0.25, -0.2) is 4.79 Å². The van der Waals surface area contributed by atoms with Crippen LogP contribution in [-0.2, 0) is 4.79 Å². The van der Waals surface area contributed by atoms with Gasteiger partial charge in [0.1, 0.15) is 5.76 Å². The fourth-order valence-electron chi connectivity index (χ4n) is 2.67. The zero-order chi connectivity index (χ0) is 15.2. The van der Waals surface area contributed by atoms with Crippen molar-refractivity contribution in [3.8, 4) is 0 Å².